The van der Waals surface area contributed by atoms with Gasteiger partial charge < -0.3 is 9.80 Å². The van der Waals surface area contributed by atoms with Crippen molar-refractivity contribution in [2.75, 3.05) is 18.0 Å². The van der Waals surface area contributed by atoms with Crippen molar-refractivity contribution in [3.05, 3.63) is 46.9 Å². The Kier molecular flexibility index (Phi) is 6.11. The number of alkyl halides is 2. The minimum absolute atomic E-state index is 0.00333. The van der Waals surface area contributed by atoms with Crippen molar-refractivity contribution in [2.24, 2.45) is 7.05 Å². The zero-order chi connectivity index (χ0) is 24.9. The van der Waals surface area contributed by atoms with Gasteiger partial charge >= 0.3 is 0 Å². The molecule has 186 valence electrons. The van der Waals surface area contributed by atoms with Gasteiger partial charge in [-0.3, -0.25) is 14.2 Å². The minimum atomic E-state index is -2.61. The maximum Gasteiger partial charge on any atom is 0.264 e. The van der Waals surface area contributed by atoms with E-state index in [-0.39, 0.29) is 17.5 Å². The molecule has 2 aliphatic heterocycles. The molecule has 5 rings (SSSR count). The number of halogens is 2. The second kappa shape index (κ2) is 9.09. The highest BCUT2D eigenvalue weighted by Gasteiger charge is 2.33. The topological polar surface area (TPSA) is 59.2 Å². The maximum absolute atomic E-state index is 14.3. The number of aromatic nitrogens is 4. The third-order valence-corrected chi connectivity index (χ3v) is 7.09. The highest BCUT2D eigenvalue weighted by Crippen LogP contribution is 2.43. The van der Waals surface area contributed by atoms with Crippen LogP contribution in [0.25, 0.3) is 11.1 Å². The van der Waals surface area contributed by atoms with Crippen molar-refractivity contribution < 1.29 is 13.6 Å². The number of carbonyl (C=O) groups is 1. The van der Waals surface area contributed by atoms with Crippen LogP contribution < -0.4 is 4.90 Å². The van der Waals surface area contributed by atoms with Crippen molar-refractivity contribution in [3.63, 3.8) is 0 Å². The molecule has 0 spiro atoms. The van der Waals surface area contributed by atoms with Gasteiger partial charge in [0.1, 0.15) is 0 Å². The zero-order valence-corrected chi connectivity index (χ0v) is 20.8. The van der Waals surface area contributed by atoms with Crippen LogP contribution >= 0.6 is 0 Å². The Hall–Kier alpha value is -3.23. The van der Waals surface area contributed by atoms with E-state index in [9.17, 15) is 13.6 Å². The second-order valence-corrected chi connectivity index (χ2v) is 9.73. The molecule has 1 aromatic carbocycles. The summed E-state index contributed by atoms with van der Waals surface area (Å²) in [7, 11) is 1.78. The van der Waals surface area contributed by atoms with Gasteiger partial charge in [0.25, 0.3) is 6.43 Å². The molecule has 0 fully saturated rings. The molecule has 7 nitrogen and oxygen atoms in total. The molecular formula is C26H32F2N6O. The largest absolute Gasteiger partial charge is 0.338 e. The summed E-state index contributed by atoms with van der Waals surface area (Å²) >= 11 is 0. The average molecular weight is 483 g/mol. The fourth-order valence-corrected chi connectivity index (χ4v) is 5.37. The van der Waals surface area contributed by atoms with E-state index in [2.05, 4.69) is 23.8 Å². The van der Waals surface area contributed by atoms with Crippen LogP contribution in [0.2, 0.25) is 0 Å². The van der Waals surface area contributed by atoms with Crippen LogP contribution in [0, 0.1) is 0 Å². The standard InChI is InChI=1S/C26H32F2N6O/c1-5-24(35)32-10-8-22-21(15-32)26(30-34(22)16(2)3)33-9-6-7-17-11-19(18-13-29-31(4)14-18)20(25(27)28)12-23(17)33/h11-14,16,25H,5-10,15H2,1-4H3. The van der Waals surface area contributed by atoms with Crippen LogP contribution in [0.4, 0.5) is 20.3 Å². The molecule has 3 aromatic rings. The lowest BCUT2D eigenvalue weighted by Crippen LogP contribution is -2.36. The van der Waals surface area contributed by atoms with Gasteiger partial charge in [0.2, 0.25) is 5.91 Å². The van der Waals surface area contributed by atoms with Crippen LogP contribution in [0.3, 0.4) is 0 Å². The van der Waals surface area contributed by atoms with Gasteiger partial charge in [-0.05, 0) is 49.9 Å². The van der Waals surface area contributed by atoms with E-state index in [0.29, 0.717) is 37.2 Å². The van der Waals surface area contributed by atoms with Crippen molar-refractivity contribution >= 4 is 17.4 Å². The van der Waals surface area contributed by atoms with Crippen molar-refractivity contribution in [3.8, 4) is 11.1 Å². The third-order valence-electron chi connectivity index (χ3n) is 7.09. The van der Waals surface area contributed by atoms with Gasteiger partial charge in [-0.25, -0.2) is 8.78 Å². The molecule has 0 N–H and O–H groups in total. The summed E-state index contributed by atoms with van der Waals surface area (Å²) in [4.78, 5) is 16.5. The lowest BCUT2D eigenvalue weighted by atomic mass is 9.92. The van der Waals surface area contributed by atoms with E-state index in [1.807, 2.05) is 22.6 Å². The van der Waals surface area contributed by atoms with Crippen LogP contribution in [0.5, 0.6) is 0 Å². The predicted molar refractivity (Wildman–Crippen MR) is 131 cm³/mol. The molecule has 0 saturated carbocycles. The predicted octanol–water partition coefficient (Wildman–Crippen LogP) is 5.18. The number of anilines is 2. The highest BCUT2D eigenvalue weighted by atomic mass is 19.3. The van der Waals surface area contributed by atoms with Gasteiger partial charge in [0.05, 0.1) is 12.7 Å². The minimum Gasteiger partial charge on any atom is -0.338 e. The first-order valence-electron chi connectivity index (χ1n) is 12.4. The summed E-state index contributed by atoms with van der Waals surface area (Å²) in [5, 5.41) is 9.18. The molecule has 0 bridgehead atoms. The Morgan fingerprint density at radius 2 is 1.97 bits per heavy atom. The smallest absolute Gasteiger partial charge is 0.264 e. The lowest BCUT2D eigenvalue weighted by Gasteiger charge is -2.33. The molecular weight excluding hydrogens is 450 g/mol. The third kappa shape index (κ3) is 4.10. The monoisotopic (exact) mass is 482 g/mol. The number of carbonyl (C=O) groups excluding carboxylic acids is 1. The fraction of sp³-hybridized carbons (Fsp3) is 0.500. The number of nitrogens with zero attached hydrogens (tertiary/aromatic N) is 6. The quantitative estimate of drug-likeness (QED) is 0.503. The van der Waals surface area contributed by atoms with Gasteiger partial charge in [-0.1, -0.05) is 6.92 Å². The van der Waals surface area contributed by atoms with E-state index in [0.717, 1.165) is 47.6 Å². The number of hydrogen-bond donors (Lipinski definition) is 0. The molecule has 0 atom stereocenters. The Morgan fingerprint density at radius 1 is 1.17 bits per heavy atom. The molecule has 4 heterocycles. The van der Waals surface area contributed by atoms with Crippen LogP contribution in [-0.4, -0.2) is 43.5 Å². The molecule has 0 unspecified atom stereocenters. The molecule has 0 saturated heterocycles. The van der Waals surface area contributed by atoms with Crippen molar-refractivity contribution in [1.82, 2.24) is 24.5 Å². The Balaban J connectivity index is 1.63. The number of amides is 1. The van der Waals surface area contributed by atoms with E-state index < -0.39 is 6.43 Å². The van der Waals surface area contributed by atoms with Gasteiger partial charge in [0, 0.05) is 73.3 Å². The molecule has 1 amide bonds. The summed E-state index contributed by atoms with van der Waals surface area (Å²) in [5.41, 5.74) is 5.22. The summed E-state index contributed by atoms with van der Waals surface area (Å²) in [6.45, 7) is 7.96. The van der Waals surface area contributed by atoms with Crippen LogP contribution in [0.1, 0.15) is 68.5 Å². The SMILES string of the molecule is CCC(=O)N1CCc2c(c(N3CCCc4cc(-c5cnn(C)c5)c(C(F)F)cc43)nn2C(C)C)C1. The molecule has 0 aliphatic carbocycles. The van der Waals surface area contributed by atoms with Crippen LogP contribution in [-0.2, 0) is 31.2 Å². The number of benzene rings is 1. The zero-order valence-electron chi connectivity index (χ0n) is 20.8. The molecule has 9 heteroatoms. The summed E-state index contributed by atoms with van der Waals surface area (Å²) in [6, 6.07) is 3.71. The van der Waals surface area contributed by atoms with E-state index in [1.165, 1.54) is 0 Å². The number of rotatable bonds is 5. The lowest BCUT2D eigenvalue weighted by molar-refractivity contribution is -0.131. The van der Waals surface area contributed by atoms with E-state index in [4.69, 9.17) is 5.10 Å². The molecule has 2 aromatic heterocycles. The number of hydrogen-bond acceptors (Lipinski definition) is 4. The Labute approximate surface area is 204 Å². The van der Waals surface area contributed by atoms with Gasteiger partial charge in [-0.15, -0.1) is 0 Å². The van der Waals surface area contributed by atoms with Gasteiger partial charge in [0.15, 0.2) is 5.82 Å². The fourth-order valence-electron chi connectivity index (χ4n) is 5.37. The molecule has 2 aliphatic rings. The average Bonchev–Trinajstić information content (AvgIpc) is 3.45. The summed E-state index contributed by atoms with van der Waals surface area (Å²) < 4.78 is 32.2. The second-order valence-electron chi connectivity index (χ2n) is 9.73. The highest BCUT2D eigenvalue weighted by molar-refractivity contribution is 5.78. The summed E-state index contributed by atoms with van der Waals surface area (Å²) in [5.74, 6) is 0.914. The Morgan fingerprint density at radius 3 is 2.63 bits per heavy atom. The van der Waals surface area contributed by atoms with Crippen molar-refractivity contribution in [2.45, 2.75) is 65.5 Å². The first kappa shape index (κ1) is 23.5. The first-order valence-corrected chi connectivity index (χ1v) is 12.4. The molecule has 35 heavy (non-hydrogen) atoms. The number of fused-ring (bicyclic) bond motifs is 2. The van der Waals surface area contributed by atoms with Gasteiger partial charge in [-0.2, -0.15) is 10.2 Å². The first-order chi connectivity index (χ1) is 16.8. The normalized spacial score (nSPS) is 15.7. The van der Waals surface area contributed by atoms with Crippen LogP contribution in [0.15, 0.2) is 24.5 Å². The summed E-state index contributed by atoms with van der Waals surface area (Å²) in [6.07, 6.45) is 3.71. The maximum atomic E-state index is 14.3. The van der Waals surface area contributed by atoms with Crippen molar-refractivity contribution in [1.29, 1.82) is 0 Å². The van der Waals surface area contributed by atoms with E-state index >= 15 is 0 Å². The molecule has 0 radical (unpaired) electrons. The number of aryl methyl sites for hydroxylation is 2. The van der Waals surface area contributed by atoms with E-state index in [1.54, 1.807) is 30.2 Å². The Bertz CT molecular complexity index is 1260.